The molecule has 26 heavy (non-hydrogen) atoms. The SMILES string of the molecule is CN(C)C(=N)c1ccc(C2=NOC(CCC(=O)c3ccc(Cl)s3)C2)cc1. The normalized spacial score (nSPS) is 16.1. The molecule has 0 radical (unpaired) electrons. The second-order valence-electron chi connectivity index (χ2n) is 6.36. The van der Waals surface area contributed by atoms with Gasteiger partial charge < -0.3 is 9.74 Å². The lowest BCUT2D eigenvalue weighted by Gasteiger charge is -2.13. The molecule has 0 saturated heterocycles. The number of nitrogens with one attached hydrogen (secondary N) is 1. The molecule has 1 atom stereocenters. The second kappa shape index (κ2) is 8.01. The third-order valence-corrected chi connectivity index (χ3v) is 5.49. The van der Waals surface area contributed by atoms with Gasteiger partial charge in [0.2, 0.25) is 0 Å². The van der Waals surface area contributed by atoms with Crippen LogP contribution >= 0.6 is 22.9 Å². The van der Waals surface area contributed by atoms with Gasteiger partial charge in [-0.05, 0) is 24.1 Å². The summed E-state index contributed by atoms with van der Waals surface area (Å²) >= 11 is 7.18. The summed E-state index contributed by atoms with van der Waals surface area (Å²) in [4.78, 5) is 20.1. The molecule has 136 valence electrons. The Labute approximate surface area is 161 Å². The lowest BCUT2D eigenvalue weighted by molar-refractivity contribution is 0.0720. The Morgan fingerprint density at radius 3 is 2.65 bits per heavy atom. The van der Waals surface area contributed by atoms with E-state index in [1.54, 1.807) is 17.0 Å². The van der Waals surface area contributed by atoms with Crippen LogP contribution in [-0.4, -0.2) is 42.4 Å². The van der Waals surface area contributed by atoms with Crippen molar-refractivity contribution in [3.63, 3.8) is 0 Å². The molecule has 0 fully saturated rings. The number of amidine groups is 1. The van der Waals surface area contributed by atoms with Gasteiger partial charge in [0.1, 0.15) is 11.9 Å². The van der Waals surface area contributed by atoms with Crippen molar-refractivity contribution in [1.82, 2.24) is 4.90 Å². The second-order valence-corrected chi connectivity index (χ2v) is 8.07. The standard InChI is InChI=1S/C19H20ClN3O2S/c1-23(2)19(21)13-5-3-12(4-6-13)15-11-14(25-22-15)7-8-16(24)17-9-10-18(20)26-17/h3-6,9-10,14,21H,7-8,11H2,1-2H3. The van der Waals surface area contributed by atoms with E-state index in [-0.39, 0.29) is 11.9 Å². The van der Waals surface area contributed by atoms with Crippen LogP contribution in [0, 0.1) is 5.41 Å². The number of oxime groups is 1. The van der Waals surface area contributed by atoms with E-state index < -0.39 is 0 Å². The maximum Gasteiger partial charge on any atom is 0.172 e. The average Bonchev–Trinajstić information content (AvgIpc) is 3.28. The monoisotopic (exact) mass is 389 g/mol. The molecule has 1 aromatic carbocycles. The van der Waals surface area contributed by atoms with Crippen molar-refractivity contribution in [1.29, 1.82) is 5.41 Å². The fourth-order valence-electron chi connectivity index (χ4n) is 2.71. The Morgan fingerprint density at radius 1 is 1.31 bits per heavy atom. The number of benzene rings is 1. The maximum absolute atomic E-state index is 12.2. The van der Waals surface area contributed by atoms with Gasteiger partial charge in [0, 0.05) is 32.5 Å². The zero-order chi connectivity index (χ0) is 18.7. The molecular formula is C19H20ClN3O2S. The molecule has 0 aliphatic carbocycles. The molecular weight excluding hydrogens is 370 g/mol. The van der Waals surface area contributed by atoms with Crippen molar-refractivity contribution in [2.24, 2.45) is 5.16 Å². The number of nitrogens with zero attached hydrogens (tertiary/aromatic N) is 2. The summed E-state index contributed by atoms with van der Waals surface area (Å²) in [5, 5.41) is 12.2. The average molecular weight is 390 g/mol. The van der Waals surface area contributed by atoms with Crippen LogP contribution in [0.2, 0.25) is 4.34 Å². The summed E-state index contributed by atoms with van der Waals surface area (Å²) < 4.78 is 0.627. The molecule has 0 bridgehead atoms. The number of carbonyl (C=O) groups is 1. The van der Waals surface area contributed by atoms with E-state index in [4.69, 9.17) is 21.8 Å². The van der Waals surface area contributed by atoms with Gasteiger partial charge in [-0.15, -0.1) is 11.3 Å². The molecule has 2 heterocycles. The van der Waals surface area contributed by atoms with E-state index in [9.17, 15) is 4.79 Å². The van der Waals surface area contributed by atoms with Crippen molar-refractivity contribution < 1.29 is 9.63 Å². The minimum Gasteiger partial charge on any atom is -0.392 e. The largest absolute Gasteiger partial charge is 0.392 e. The third kappa shape index (κ3) is 4.31. The summed E-state index contributed by atoms with van der Waals surface area (Å²) in [6, 6.07) is 11.2. The molecule has 1 unspecified atom stereocenters. The van der Waals surface area contributed by atoms with Gasteiger partial charge in [0.05, 0.1) is 14.9 Å². The van der Waals surface area contributed by atoms with Crippen LogP contribution in [0.1, 0.15) is 40.1 Å². The molecule has 5 nitrogen and oxygen atoms in total. The van der Waals surface area contributed by atoms with Gasteiger partial charge in [-0.2, -0.15) is 0 Å². The van der Waals surface area contributed by atoms with E-state index in [1.165, 1.54) is 11.3 Å². The van der Waals surface area contributed by atoms with Crippen molar-refractivity contribution in [3.8, 4) is 0 Å². The highest BCUT2D eigenvalue weighted by Crippen LogP contribution is 2.25. The molecule has 2 aromatic rings. The number of hydrogen-bond acceptors (Lipinski definition) is 5. The Balaban J connectivity index is 1.53. The van der Waals surface area contributed by atoms with Crippen molar-refractivity contribution in [2.45, 2.75) is 25.4 Å². The zero-order valence-corrected chi connectivity index (χ0v) is 16.2. The van der Waals surface area contributed by atoms with Crippen LogP contribution in [0.25, 0.3) is 0 Å². The number of rotatable bonds is 6. The summed E-state index contributed by atoms with van der Waals surface area (Å²) in [6.45, 7) is 0. The van der Waals surface area contributed by atoms with Crippen LogP contribution in [0.15, 0.2) is 41.6 Å². The first-order chi connectivity index (χ1) is 12.4. The van der Waals surface area contributed by atoms with E-state index >= 15 is 0 Å². The van der Waals surface area contributed by atoms with E-state index in [2.05, 4.69) is 5.16 Å². The number of halogens is 1. The molecule has 1 N–H and O–H groups in total. The Hall–Kier alpha value is -2.18. The molecule has 1 aromatic heterocycles. The topological polar surface area (TPSA) is 65.8 Å². The Kier molecular flexibility index (Phi) is 5.74. The van der Waals surface area contributed by atoms with Crippen LogP contribution in [0.3, 0.4) is 0 Å². The minimum atomic E-state index is -0.0795. The smallest absolute Gasteiger partial charge is 0.172 e. The van der Waals surface area contributed by atoms with Gasteiger partial charge in [0.15, 0.2) is 5.78 Å². The van der Waals surface area contributed by atoms with Crippen molar-refractivity contribution >= 4 is 40.3 Å². The lowest BCUT2D eigenvalue weighted by atomic mass is 10.00. The highest BCUT2D eigenvalue weighted by molar-refractivity contribution is 7.18. The van der Waals surface area contributed by atoms with Gasteiger partial charge in [-0.25, -0.2) is 0 Å². The molecule has 7 heteroatoms. The summed E-state index contributed by atoms with van der Waals surface area (Å²) in [5.41, 5.74) is 2.72. The van der Waals surface area contributed by atoms with Gasteiger partial charge in [0.25, 0.3) is 0 Å². The quantitative estimate of drug-likeness (QED) is 0.451. The highest BCUT2D eigenvalue weighted by atomic mass is 35.5. The number of Topliss-reactive ketones (excluding diaryl/α,β-unsaturated/α-hetero) is 1. The molecule has 0 saturated carbocycles. The fraction of sp³-hybridized carbons (Fsp3) is 0.316. The van der Waals surface area contributed by atoms with E-state index in [0.29, 0.717) is 34.3 Å². The van der Waals surface area contributed by atoms with Crippen molar-refractivity contribution in [3.05, 3.63) is 56.7 Å². The first kappa shape index (κ1) is 18.6. The molecule has 1 aliphatic heterocycles. The maximum atomic E-state index is 12.2. The van der Waals surface area contributed by atoms with E-state index in [0.717, 1.165) is 16.8 Å². The van der Waals surface area contributed by atoms with Crippen LogP contribution in [0.5, 0.6) is 0 Å². The summed E-state index contributed by atoms with van der Waals surface area (Å²) in [6.07, 6.45) is 1.65. The number of carbonyl (C=O) groups excluding carboxylic acids is 1. The highest BCUT2D eigenvalue weighted by Gasteiger charge is 2.23. The molecule has 0 spiro atoms. The number of thiophene rings is 1. The van der Waals surface area contributed by atoms with Gasteiger partial charge in [-0.3, -0.25) is 10.2 Å². The Bertz CT molecular complexity index is 843. The predicted molar refractivity (Wildman–Crippen MR) is 106 cm³/mol. The minimum absolute atomic E-state index is 0.0795. The first-order valence-electron chi connectivity index (χ1n) is 8.32. The number of ketones is 1. The van der Waals surface area contributed by atoms with Crippen LogP contribution < -0.4 is 0 Å². The van der Waals surface area contributed by atoms with Gasteiger partial charge in [-0.1, -0.05) is 41.0 Å². The van der Waals surface area contributed by atoms with Crippen molar-refractivity contribution in [2.75, 3.05) is 14.1 Å². The van der Waals surface area contributed by atoms with Gasteiger partial charge >= 0.3 is 0 Å². The van der Waals surface area contributed by atoms with Crippen LogP contribution in [0.4, 0.5) is 0 Å². The predicted octanol–water partition coefficient (Wildman–Crippen LogP) is 4.44. The summed E-state index contributed by atoms with van der Waals surface area (Å²) in [7, 11) is 3.70. The van der Waals surface area contributed by atoms with E-state index in [1.807, 2.05) is 38.4 Å². The lowest BCUT2D eigenvalue weighted by Crippen LogP contribution is -2.21. The molecule has 0 amide bonds. The third-order valence-electron chi connectivity index (χ3n) is 4.21. The zero-order valence-electron chi connectivity index (χ0n) is 14.7. The van der Waals surface area contributed by atoms with Crippen LogP contribution in [-0.2, 0) is 4.84 Å². The molecule has 1 aliphatic rings. The first-order valence-corrected chi connectivity index (χ1v) is 9.51. The summed E-state index contributed by atoms with van der Waals surface area (Å²) in [5.74, 6) is 0.553. The molecule has 3 rings (SSSR count). The Morgan fingerprint density at radius 2 is 2.04 bits per heavy atom. The number of hydrogen-bond donors (Lipinski definition) is 1. The fourth-order valence-corrected chi connectivity index (χ4v) is 3.72.